The number of aromatic nitrogens is 2. The molecule has 2 atom stereocenters. The third-order valence-electron chi connectivity index (χ3n) is 7.63. The Morgan fingerprint density at radius 3 is 1.78 bits per heavy atom. The van der Waals surface area contributed by atoms with Crippen LogP contribution >= 0.6 is 0 Å². The minimum atomic E-state index is 0.135. The molecule has 1 saturated heterocycles. The van der Waals surface area contributed by atoms with Crippen LogP contribution in [0.4, 0.5) is 0 Å². The van der Waals surface area contributed by atoms with Gasteiger partial charge in [-0.05, 0) is 0 Å². The summed E-state index contributed by atoms with van der Waals surface area (Å²) in [6.07, 6.45) is 4.49. The van der Waals surface area contributed by atoms with Gasteiger partial charge in [0.1, 0.15) is 0 Å². The summed E-state index contributed by atoms with van der Waals surface area (Å²) in [6.45, 7) is 6.78. The number of nitrogens with zero attached hydrogens (tertiary/aromatic N) is 3. The molecule has 0 radical (unpaired) electrons. The predicted molar refractivity (Wildman–Crippen MR) is 149 cm³/mol. The monoisotopic (exact) mass is 578 g/mol. The molecule has 0 spiro atoms. The summed E-state index contributed by atoms with van der Waals surface area (Å²) in [4.78, 5) is 0. The number of pyridine rings is 1. The van der Waals surface area contributed by atoms with Gasteiger partial charge in [-0.1, -0.05) is 0 Å². The molecule has 5 aromatic rings. The zero-order valence-corrected chi connectivity index (χ0v) is 23.1. The summed E-state index contributed by atoms with van der Waals surface area (Å²) in [5, 5.41) is 2.56. The van der Waals surface area contributed by atoms with Crippen LogP contribution in [0.25, 0.3) is 16.8 Å². The molecule has 191 valence electrons. The number of rotatable bonds is 4. The Morgan fingerprint density at radius 1 is 0.676 bits per heavy atom. The zero-order chi connectivity index (χ0) is 25.6. The number of imidazole rings is 1. The second-order valence-electron chi connectivity index (χ2n) is 11.0. The van der Waals surface area contributed by atoms with Crippen molar-refractivity contribution >= 4 is 5.52 Å². The summed E-state index contributed by atoms with van der Waals surface area (Å²) in [5.41, 5.74) is 7.74. The predicted octanol–water partition coefficient (Wildman–Crippen LogP) is 8.00. The van der Waals surface area contributed by atoms with Gasteiger partial charge in [0.05, 0.1) is 0 Å². The topological polar surface area (TPSA) is 12.6 Å². The molecule has 0 N–H and O–H groups in total. The molecule has 37 heavy (non-hydrogen) atoms. The van der Waals surface area contributed by atoms with Crippen LogP contribution in [0.3, 0.4) is 0 Å². The Kier molecular flexibility index (Phi) is 6.32. The fraction of sp³-hybridized carbons (Fsp3) is 0.242. The van der Waals surface area contributed by atoms with Crippen molar-refractivity contribution in [2.75, 3.05) is 5.01 Å². The fourth-order valence-electron chi connectivity index (χ4n) is 5.70. The van der Waals surface area contributed by atoms with Crippen molar-refractivity contribution in [3.63, 3.8) is 0 Å². The molecular weight excluding hydrogens is 546 g/mol. The van der Waals surface area contributed by atoms with Crippen LogP contribution in [-0.2, 0) is 26.0 Å². The Hall–Kier alpha value is -3.11. The van der Waals surface area contributed by atoms with E-state index >= 15 is 0 Å². The van der Waals surface area contributed by atoms with Crippen molar-refractivity contribution in [2.45, 2.75) is 51.1 Å². The molecule has 6 rings (SSSR count). The first kappa shape index (κ1) is 24.2. The van der Waals surface area contributed by atoms with Crippen molar-refractivity contribution in [2.24, 2.45) is 0 Å². The van der Waals surface area contributed by atoms with E-state index in [1.54, 1.807) is 0 Å². The van der Waals surface area contributed by atoms with Crippen molar-refractivity contribution < 1.29 is 20.6 Å². The molecule has 0 saturated carbocycles. The maximum atomic E-state index is 4.06. The molecule has 4 heteroatoms. The van der Waals surface area contributed by atoms with Gasteiger partial charge in [-0.25, -0.2) is 0 Å². The van der Waals surface area contributed by atoms with Crippen LogP contribution in [-0.4, -0.2) is 9.08 Å². The molecule has 1 fully saturated rings. The first-order valence-electron chi connectivity index (χ1n) is 13.1. The Labute approximate surface area is 231 Å². The van der Waals surface area contributed by atoms with Gasteiger partial charge in [-0.15, -0.1) is 0 Å². The van der Waals surface area contributed by atoms with Crippen molar-refractivity contribution in [1.82, 2.24) is 9.08 Å². The van der Waals surface area contributed by atoms with E-state index in [0.717, 1.165) is 22.0 Å². The van der Waals surface area contributed by atoms with Gasteiger partial charge in [0.15, 0.2) is 0 Å². The molecule has 1 aliphatic heterocycles. The van der Waals surface area contributed by atoms with Crippen LogP contribution in [0.15, 0.2) is 109 Å². The Bertz CT molecular complexity index is 1530. The van der Waals surface area contributed by atoms with E-state index in [1.807, 2.05) is 0 Å². The Balaban J connectivity index is 1.50. The number of hydrogen-bond acceptors (Lipinski definition) is 1. The second-order valence-corrected chi connectivity index (χ2v) is 11.7. The zero-order valence-electron chi connectivity index (χ0n) is 21.6. The summed E-state index contributed by atoms with van der Waals surface area (Å²) < 4.78 is 5.69. The van der Waals surface area contributed by atoms with E-state index in [0.29, 0.717) is 12.1 Å². The van der Waals surface area contributed by atoms with Gasteiger partial charge in [-0.2, -0.15) is 0 Å². The van der Waals surface area contributed by atoms with E-state index in [1.165, 1.54) is 27.9 Å². The summed E-state index contributed by atoms with van der Waals surface area (Å²) in [6, 6.07) is 38.0. The van der Waals surface area contributed by atoms with Crippen LogP contribution < -0.4 is 5.01 Å². The van der Waals surface area contributed by atoms with Crippen molar-refractivity contribution in [1.29, 1.82) is 0 Å². The van der Waals surface area contributed by atoms with Gasteiger partial charge in [0, 0.05) is 0 Å². The van der Waals surface area contributed by atoms with Gasteiger partial charge >= 0.3 is 232 Å². The van der Waals surface area contributed by atoms with E-state index in [9.17, 15) is 0 Å². The van der Waals surface area contributed by atoms with Gasteiger partial charge in [0.25, 0.3) is 0 Å². The third-order valence-corrected chi connectivity index (χ3v) is 8.30. The number of benzene rings is 3. The van der Waals surface area contributed by atoms with Crippen LogP contribution in [0.2, 0.25) is 0 Å². The molecule has 3 aromatic carbocycles. The quantitative estimate of drug-likeness (QED) is 0.197. The molecule has 2 aromatic heterocycles. The normalized spacial score (nSPS) is 18.0. The first-order valence-corrected chi connectivity index (χ1v) is 13.8. The van der Waals surface area contributed by atoms with E-state index in [2.05, 4.69) is 165 Å². The average molecular weight is 580 g/mol. The minimum absolute atomic E-state index is 0.135. The van der Waals surface area contributed by atoms with Gasteiger partial charge in [-0.3, -0.25) is 0 Å². The molecule has 1 aliphatic rings. The number of hydrogen-bond donors (Lipinski definition) is 0. The maximum absolute atomic E-state index is 4.06. The SMILES string of the molecule is CC(C)(C)c1ccc(-c2cccc3cn(N4[C@H](c5ccccc5)CC[C@H]4c4ccccc4)[c](=[Ag])n23)cc1. The molecular formula is C33H33AgN3. The summed E-state index contributed by atoms with van der Waals surface area (Å²) >= 11 is 4.06. The van der Waals surface area contributed by atoms with Crippen molar-refractivity contribution in [3.05, 3.63) is 130 Å². The van der Waals surface area contributed by atoms with Crippen molar-refractivity contribution in [3.8, 4) is 11.3 Å². The summed E-state index contributed by atoms with van der Waals surface area (Å²) in [5.74, 6) is 0. The van der Waals surface area contributed by atoms with Crippen LogP contribution in [0, 0.1) is 3.63 Å². The van der Waals surface area contributed by atoms with Crippen LogP contribution in [0.1, 0.15) is 62.4 Å². The molecule has 0 bridgehead atoms. The standard InChI is InChI=1S/C33H33N3.Ag/c1-33(2,3)28-19-17-27(18-20-28)30-16-10-15-29-23-34(24-35(29)30)36-31(25-11-6-4-7-12-25)21-22-32(36)26-13-8-5-9-14-26;/h4-20,23,31-32H,21-22H2,1-3H3;/t31-,32-;/m0./s1. The van der Waals surface area contributed by atoms with E-state index in [4.69, 9.17) is 0 Å². The average Bonchev–Trinajstić information content (AvgIpc) is 3.50. The molecule has 3 heterocycles. The van der Waals surface area contributed by atoms with E-state index < -0.39 is 0 Å². The molecule has 0 unspecified atom stereocenters. The third kappa shape index (κ3) is 4.46. The fourth-order valence-corrected chi connectivity index (χ4v) is 6.33. The number of fused-ring (bicyclic) bond motifs is 1. The first-order chi connectivity index (χ1) is 17.9. The molecule has 3 nitrogen and oxygen atoms in total. The Morgan fingerprint density at radius 2 is 1.24 bits per heavy atom. The summed E-state index contributed by atoms with van der Waals surface area (Å²) in [7, 11) is 0. The van der Waals surface area contributed by atoms with Gasteiger partial charge < -0.3 is 0 Å². The van der Waals surface area contributed by atoms with E-state index in [-0.39, 0.29) is 5.41 Å². The van der Waals surface area contributed by atoms with Crippen LogP contribution in [0.5, 0.6) is 0 Å². The second kappa shape index (κ2) is 9.64. The molecule has 0 aliphatic carbocycles. The molecule has 0 amide bonds. The van der Waals surface area contributed by atoms with Gasteiger partial charge in [0.2, 0.25) is 0 Å².